The molecule has 0 N–H and O–H groups in total. The van der Waals surface area contributed by atoms with E-state index in [1.807, 2.05) is 30.3 Å². The summed E-state index contributed by atoms with van der Waals surface area (Å²) in [4.78, 5) is 14.6. The predicted octanol–water partition coefficient (Wildman–Crippen LogP) is 1.54. The number of amides is 1. The van der Waals surface area contributed by atoms with Crippen molar-refractivity contribution in [3.63, 3.8) is 0 Å². The van der Waals surface area contributed by atoms with Gasteiger partial charge in [0.2, 0.25) is 0 Å². The maximum atomic E-state index is 10.9. The number of ether oxygens (including phenoxy) is 1. The topological polar surface area (TPSA) is 56.5 Å². The van der Waals surface area contributed by atoms with E-state index in [2.05, 4.69) is 14.8 Å². The molecular formula is C12H11N3O2. The molecule has 5 heteroatoms. The Balaban J connectivity index is 2.31. The van der Waals surface area contributed by atoms with Gasteiger partial charge < -0.3 is 4.74 Å². The lowest BCUT2D eigenvalue weighted by molar-refractivity contribution is 0.181. The number of benzene rings is 1. The van der Waals surface area contributed by atoms with Crippen LogP contribution in [0.15, 0.2) is 53.8 Å². The fourth-order valence-corrected chi connectivity index (χ4v) is 1.30. The highest BCUT2D eigenvalue weighted by Gasteiger charge is 1.95. The van der Waals surface area contributed by atoms with E-state index in [0.717, 1.165) is 5.69 Å². The maximum Gasteiger partial charge on any atom is 0.433 e. The highest BCUT2D eigenvalue weighted by atomic mass is 16.5. The summed E-state index contributed by atoms with van der Waals surface area (Å²) in [5.74, 6) is 0. The number of para-hydroxylation sites is 1. The zero-order chi connectivity index (χ0) is 12.1. The van der Waals surface area contributed by atoms with Crippen LogP contribution < -0.4 is 5.36 Å². The lowest BCUT2D eigenvalue weighted by Gasteiger charge is -2.03. The number of hydrogen-bond acceptors (Lipinski definition) is 3. The molecule has 5 nitrogen and oxygen atoms in total. The van der Waals surface area contributed by atoms with E-state index in [4.69, 9.17) is 0 Å². The number of aromatic nitrogens is 2. The Morgan fingerprint density at radius 1 is 1.29 bits per heavy atom. The molecule has 1 aromatic carbocycles. The van der Waals surface area contributed by atoms with Crippen LogP contribution in [0.25, 0.3) is 5.69 Å². The molecule has 0 aliphatic heterocycles. The minimum absolute atomic E-state index is 0.462. The highest BCUT2D eigenvalue weighted by molar-refractivity contribution is 5.67. The van der Waals surface area contributed by atoms with Crippen molar-refractivity contribution in [3.8, 4) is 5.69 Å². The molecule has 0 saturated heterocycles. The normalized spacial score (nSPS) is 11.2. The van der Waals surface area contributed by atoms with Crippen LogP contribution >= 0.6 is 0 Å². The third-order valence-electron chi connectivity index (χ3n) is 2.12. The van der Waals surface area contributed by atoms with Gasteiger partial charge in [0.1, 0.15) is 0 Å². The molecule has 0 aliphatic carbocycles. The Hall–Kier alpha value is -2.43. The van der Waals surface area contributed by atoms with Gasteiger partial charge in [0.15, 0.2) is 0 Å². The number of rotatable bonds is 1. The van der Waals surface area contributed by atoms with Crippen LogP contribution in [0.1, 0.15) is 0 Å². The number of carbonyl (C=O) groups is 1. The van der Waals surface area contributed by atoms with Crippen LogP contribution in [0.4, 0.5) is 4.79 Å². The van der Waals surface area contributed by atoms with Gasteiger partial charge in [-0.05, 0) is 18.2 Å². The molecule has 0 atom stereocenters. The van der Waals surface area contributed by atoms with Crippen LogP contribution in [0, 0.1) is 0 Å². The van der Waals surface area contributed by atoms with E-state index in [9.17, 15) is 4.79 Å². The molecule has 17 heavy (non-hydrogen) atoms. The Bertz CT molecular complexity index is 555. The third kappa shape index (κ3) is 2.78. The van der Waals surface area contributed by atoms with Crippen molar-refractivity contribution in [1.29, 1.82) is 0 Å². The number of methoxy groups -OCH3 is 1. The first-order valence-electron chi connectivity index (χ1n) is 5.03. The van der Waals surface area contributed by atoms with Crippen molar-refractivity contribution >= 4 is 6.09 Å². The molecule has 86 valence electrons. The van der Waals surface area contributed by atoms with E-state index >= 15 is 0 Å². The minimum atomic E-state index is -0.635. The molecule has 0 fully saturated rings. The molecule has 0 spiro atoms. The number of hydrogen-bond donors (Lipinski definition) is 0. The zero-order valence-electron chi connectivity index (χ0n) is 9.28. The molecule has 1 aromatic heterocycles. The van der Waals surface area contributed by atoms with E-state index in [-0.39, 0.29) is 0 Å². The van der Waals surface area contributed by atoms with Crippen LogP contribution in [-0.4, -0.2) is 23.0 Å². The lowest BCUT2D eigenvalue weighted by Crippen LogP contribution is -2.11. The van der Waals surface area contributed by atoms with E-state index < -0.39 is 6.09 Å². The summed E-state index contributed by atoms with van der Waals surface area (Å²) in [5.41, 5.74) is 0.942. The smallest absolute Gasteiger partial charge is 0.433 e. The molecule has 0 unspecified atom stereocenters. The van der Waals surface area contributed by atoms with Crippen molar-refractivity contribution < 1.29 is 9.53 Å². The minimum Gasteiger partial charge on any atom is -0.451 e. The Labute approximate surface area is 98.0 Å². The Morgan fingerprint density at radius 2 is 2.06 bits per heavy atom. The molecule has 1 amide bonds. The fraction of sp³-hybridized carbons (Fsp3) is 0.0833. The molecule has 0 bridgehead atoms. The first kappa shape index (κ1) is 11.1. The van der Waals surface area contributed by atoms with Gasteiger partial charge in [0.25, 0.3) is 0 Å². The summed E-state index contributed by atoms with van der Waals surface area (Å²) in [7, 11) is 1.28. The summed E-state index contributed by atoms with van der Waals surface area (Å²) in [5, 5.41) is 4.61. The monoisotopic (exact) mass is 229 g/mol. The molecule has 1 heterocycles. The van der Waals surface area contributed by atoms with Gasteiger partial charge in [-0.15, -0.1) is 0 Å². The first-order valence-corrected chi connectivity index (χ1v) is 5.03. The van der Waals surface area contributed by atoms with Crippen LogP contribution in [0.3, 0.4) is 0 Å². The van der Waals surface area contributed by atoms with E-state index in [1.165, 1.54) is 13.3 Å². The van der Waals surface area contributed by atoms with Crippen LogP contribution in [0.5, 0.6) is 0 Å². The van der Waals surface area contributed by atoms with Gasteiger partial charge in [-0.3, -0.25) is 0 Å². The summed E-state index contributed by atoms with van der Waals surface area (Å²) in [6, 6.07) is 11.4. The summed E-state index contributed by atoms with van der Waals surface area (Å²) in [6.07, 6.45) is 2.60. The van der Waals surface area contributed by atoms with Gasteiger partial charge in [0.05, 0.1) is 24.4 Å². The number of nitrogens with zero attached hydrogens (tertiary/aromatic N) is 3. The van der Waals surface area contributed by atoms with Crippen LogP contribution in [-0.2, 0) is 4.74 Å². The quantitative estimate of drug-likeness (QED) is 0.745. The SMILES string of the molecule is COC(=O)/N=c1/ccn(-c2ccccc2)nc1. The molecule has 2 aromatic rings. The second-order valence-electron chi connectivity index (χ2n) is 3.25. The lowest BCUT2D eigenvalue weighted by atomic mass is 10.3. The van der Waals surface area contributed by atoms with Gasteiger partial charge in [-0.1, -0.05) is 18.2 Å². The second-order valence-corrected chi connectivity index (χ2v) is 3.25. The highest BCUT2D eigenvalue weighted by Crippen LogP contribution is 2.02. The van der Waals surface area contributed by atoms with Crippen molar-refractivity contribution in [2.75, 3.05) is 7.11 Å². The average Bonchev–Trinajstić information content (AvgIpc) is 2.40. The second kappa shape index (κ2) is 5.07. The fourth-order valence-electron chi connectivity index (χ4n) is 1.30. The number of carbonyl (C=O) groups excluding carboxylic acids is 1. The first-order chi connectivity index (χ1) is 8.29. The van der Waals surface area contributed by atoms with Crippen molar-refractivity contribution in [3.05, 3.63) is 54.1 Å². The molecule has 2 rings (SSSR count). The van der Waals surface area contributed by atoms with Crippen molar-refractivity contribution in [2.24, 2.45) is 4.99 Å². The largest absolute Gasteiger partial charge is 0.451 e. The Kier molecular flexibility index (Phi) is 3.30. The van der Waals surface area contributed by atoms with Gasteiger partial charge in [0, 0.05) is 6.20 Å². The van der Waals surface area contributed by atoms with Crippen LogP contribution in [0.2, 0.25) is 0 Å². The van der Waals surface area contributed by atoms with Gasteiger partial charge >= 0.3 is 6.09 Å². The maximum absolute atomic E-state index is 10.9. The Morgan fingerprint density at radius 3 is 2.65 bits per heavy atom. The molecule has 0 radical (unpaired) electrons. The van der Waals surface area contributed by atoms with Crippen molar-refractivity contribution in [2.45, 2.75) is 0 Å². The van der Waals surface area contributed by atoms with E-state index in [0.29, 0.717) is 5.36 Å². The molecule has 0 saturated carbocycles. The zero-order valence-corrected chi connectivity index (χ0v) is 9.28. The summed E-state index contributed by atoms with van der Waals surface area (Å²) >= 11 is 0. The average molecular weight is 229 g/mol. The summed E-state index contributed by atoms with van der Waals surface area (Å²) < 4.78 is 6.12. The molecule has 0 aliphatic rings. The van der Waals surface area contributed by atoms with E-state index in [1.54, 1.807) is 16.9 Å². The molecular weight excluding hydrogens is 218 g/mol. The van der Waals surface area contributed by atoms with Gasteiger partial charge in [-0.25, -0.2) is 9.48 Å². The standard InChI is InChI=1S/C12H11N3O2/c1-17-12(16)14-10-7-8-15(13-9-10)11-5-3-2-4-6-11/h2-9H,1H3/b14-10-. The predicted molar refractivity (Wildman–Crippen MR) is 61.5 cm³/mol. The van der Waals surface area contributed by atoms with Gasteiger partial charge in [-0.2, -0.15) is 10.1 Å². The third-order valence-corrected chi connectivity index (χ3v) is 2.12. The van der Waals surface area contributed by atoms with Crippen molar-refractivity contribution in [1.82, 2.24) is 9.78 Å². The summed E-state index contributed by atoms with van der Waals surface area (Å²) in [6.45, 7) is 0.